The molecule has 1 amide bonds. The van der Waals surface area contributed by atoms with E-state index < -0.39 is 16.1 Å². The van der Waals surface area contributed by atoms with E-state index in [1.807, 2.05) is 18.2 Å². The van der Waals surface area contributed by atoms with Gasteiger partial charge in [0.2, 0.25) is 10.0 Å². The molecule has 0 unspecified atom stereocenters. The molecule has 162 valence electrons. The van der Waals surface area contributed by atoms with Gasteiger partial charge in [-0.05, 0) is 56.2 Å². The lowest BCUT2D eigenvalue weighted by molar-refractivity contribution is -0.127. The molecule has 2 aromatic carbocycles. The molecule has 30 heavy (non-hydrogen) atoms. The Kier molecular flexibility index (Phi) is 7.70. The summed E-state index contributed by atoms with van der Waals surface area (Å²) in [4.78, 5) is 12.4. The van der Waals surface area contributed by atoms with Crippen LogP contribution in [-0.4, -0.2) is 51.0 Å². The van der Waals surface area contributed by atoms with E-state index in [1.165, 1.54) is 0 Å². The molecule has 0 bridgehead atoms. The Labute approximate surface area is 178 Å². The molecule has 1 atom stereocenters. The smallest absolute Gasteiger partial charge is 0.260 e. The summed E-state index contributed by atoms with van der Waals surface area (Å²) in [7, 11) is -3.44. The first-order chi connectivity index (χ1) is 14.5. The van der Waals surface area contributed by atoms with E-state index in [1.54, 1.807) is 47.6 Å². The third-order valence-corrected chi connectivity index (χ3v) is 6.78. The van der Waals surface area contributed by atoms with E-state index in [4.69, 9.17) is 9.47 Å². The van der Waals surface area contributed by atoms with Gasteiger partial charge in [0, 0.05) is 13.1 Å². The second-order valence-electron chi connectivity index (χ2n) is 7.15. The fraction of sp³-hybridized carbons (Fsp3) is 0.409. The highest BCUT2D eigenvalue weighted by Gasteiger charge is 2.25. The van der Waals surface area contributed by atoms with Gasteiger partial charge in [0.05, 0.1) is 11.4 Å². The van der Waals surface area contributed by atoms with E-state index in [0.717, 1.165) is 19.3 Å². The third kappa shape index (κ3) is 5.96. The molecule has 0 radical (unpaired) electrons. The number of piperidine rings is 1. The molecule has 1 aliphatic rings. The Morgan fingerprint density at radius 2 is 1.67 bits per heavy atom. The Hall–Kier alpha value is -2.58. The molecule has 1 fully saturated rings. The number of para-hydroxylation sites is 1. The van der Waals surface area contributed by atoms with Gasteiger partial charge in [-0.3, -0.25) is 4.79 Å². The Morgan fingerprint density at radius 3 is 2.33 bits per heavy atom. The number of carbonyl (C=O) groups excluding carboxylic acids is 1. The molecule has 0 saturated carbocycles. The number of sulfonamides is 1. The summed E-state index contributed by atoms with van der Waals surface area (Å²) in [5, 5.41) is 2.76. The van der Waals surface area contributed by atoms with Crippen LogP contribution in [0.2, 0.25) is 0 Å². The van der Waals surface area contributed by atoms with Crippen molar-refractivity contribution in [3.63, 3.8) is 0 Å². The van der Waals surface area contributed by atoms with Crippen LogP contribution in [0, 0.1) is 0 Å². The average molecular weight is 433 g/mol. The monoisotopic (exact) mass is 432 g/mol. The lowest BCUT2D eigenvalue weighted by atomic mass is 10.2. The van der Waals surface area contributed by atoms with Gasteiger partial charge in [-0.25, -0.2) is 8.42 Å². The second kappa shape index (κ2) is 10.4. The second-order valence-corrected chi connectivity index (χ2v) is 9.09. The van der Waals surface area contributed by atoms with Crippen molar-refractivity contribution in [1.29, 1.82) is 0 Å². The van der Waals surface area contributed by atoms with E-state index in [2.05, 4.69) is 5.32 Å². The first kappa shape index (κ1) is 22.1. The maximum absolute atomic E-state index is 12.7. The third-order valence-electron chi connectivity index (χ3n) is 4.87. The van der Waals surface area contributed by atoms with Crippen molar-refractivity contribution in [2.75, 3.05) is 26.2 Å². The van der Waals surface area contributed by atoms with E-state index in [9.17, 15) is 13.2 Å². The minimum absolute atomic E-state index is 0.231. The van der Waals surface area contributed by atoms with Crippen LogP contribution in [0.3, 0.4) is 0 Å². The van der Waals surface area contributed by atoms with Crippen molar-refractivity contribution >= 4 is 15.9 Å². The summed E-state index contributed by atoms with van der Waals surface area (Å²) in [6.07, 6.45) is 2.26. The molecular weight excluding hydrogens is 404 g/mol. The van der Waals surface area contributed by atoms with Crippen LogP contribution in [0.4, 0.5) is 0 Å². The van der Waals surface area contributed by atoms with Gasteiger partial charge in [-0.1, -0.05) is 24.6 Å². The van der Waals surface area contributed by atoms with Crippen LogP contribution in [0.25, 0.3) is 0 Å². The summed E-state index contributed by atoms with van der Waals surface area (Å²) in [5.74, 6) is 0.955. The largest absolute Gasteiger partial charge is 0.492 e. The number of carbonyl (C=O) groups is 1. The number of nitrogens with one attached hydrogen (secondary N) is 1. The number of hydrogen-bond donors (Lipinski definition) is 1. The number of nitrogens with zero attached hydrogens (tertiary/aromatic N) is 1. The lowest BCUT2D eigenvalue weighted by Crippen LogP contribution is -2.38. The lowest BCUT2D eigenvalue weighted by Gasteiger charge is -2.25. The van der Waals surface area contributed by atoms with Crippen LogP contribution < -0.4 is 14.8 Å². The quantitative estimate of drug-likeness (QED) is 0.616. The van der Waals surface area contributed by atoms with Crippen molar-refractivity contribution in [3.8, 4) is 11.5 Å². The molecule has 1 saturated heterocycles. The summed E-state index contributed by atoms with van der Waals surface area (Å²) >= 11 is 0. The highest BCUT2D eigenvalue weighted by Crippen LogP contribution is 2.22. The highest BCUT2D eigenvalue weighted by atomic mass is 32.2. The molecule has 1 heterocycles. The fourth-order valence-corrected chi connectivity index (χ4v) is 4.72. The zero-order valence-electron chi connectivity index (χ0n) is 17.1. The molecule has 2 aromatic rings. The predicted octanol–water partition coefficient (Wildman–Crippen LogP) is 2.82. The summed E-state index contributed by atoms with van der Waals surface area (Å²) in [5.41, 5.74) is 0. The number of benzene rings is 2. The maximum Gasteiger partial charge on any atom is 0.260 e. The average Bonchev–Trinajstić information content (AvgIpc) is 2.78. The summed E-state index contributed by atoms with van der Waals surface area (Å²) in [6, 6.07) is 15.6. The van der Waals surface area contributed by atoms with E-state index >= 15 is 0 Å². The Bertz CT molecular complexity index is 910. The van der Waals surface area contributed by atoms with Gasteiger partial charge in [0.1, 0.15) is 18.1 Å². The topological polar surface area (TPSA) is 84.9 Å². The Balaban J connectivity index is 1.42. The Morgan fingerprint density at radius 1 is 1.00 bits per heavy atom. The van der Waals surface area contributed by atoms with Gasteiger partial charge in [0.25, 0.3) is 5.91 Å². The van der Waals surface area contributed by atoms with Crippen molar-refractivity contribution in [2.24, 2.45) is 0 Å². The molecule has 3 rings (SSSR count). The first-order valence-corrected chi connectivity index (χ1v) is 11.6. The molecule has 1 aliphatic heterocycles. The molecule has 0 aromatic heterocycles. The zero-order valence-corrected chi connectivity index (χ0v) is 17.9. The highest BCUT2D eigenvalue weighted by molar-refractivity contribution is 7.89. The van der Waals surface area contributed by atoms with Crippen LogP contribution in [-0.2, 0) is 14.8 Å². The predicted molar refractivity (Wildman–Crippen MR) is 114 cm³/mol. The van der Waals surface area contributed by atoms with Gasteiger partial charge in [-0.15, -0.1) is 0 Å². The fourth-order valence-electron chi connectivity index (χ4n) is 3.21. The van der Waals surface area contributed by atoms with Gasteiger partial charge < -0.3 is 14.8 Å². The molecule has 8 heteroatoms. The standard InChI is InChI=1S/C22H28N2O5S/c1-18(29-20-8-4-2-5-9-20)22(25)23-14-17-28-19-10-12-21(13-11-19)30(26,27)24-15-6-3-7-16-24/h2,4-5,8-13,18H,3,6-7,14-17H2,1H3,(H,23,25)/t18-/m1/s1. The van der Waals surface area contributed by atoms with Crippen LogP contribution in [0.5, 0.6) is 11.5 Å². The van der Waals surface area contributed by atoms with Gasteiger partial charge in [0.15, 0.2) is 6.10 Å². The van der Waals surface area contributed by atoms with Crippen molar-refractivity contribution < 1.29 is 22.7 Å². The first-order valence-electron chi connectivity index (χ1n) is 10.2. The molecule has 1 N–H and O–H groups in total. The number of rotatable bonds is 9. The number of hydrogen-bond acceptors (Lipinski definition) is 5. The molecule has 0 aliphatic carbocycles. The summed E-state index contributed by atoms with van der Waals surface area (Å²) in [6.45, 7) is 3.42. The molecule has 7 nitrogen and oxygen atoms in total. The normalized spacial score (nSPS) is 15.9. The van der Waals surface area contributed by atoms with Gasteiger partial charge in [-0.2, -0.15) is 4.31 Å². The molecular formula is C22H28N2O5S. The van der Waals surface area contributed by atoms with Crippen molar-refractivity contribution in [2.45, 2.75) is 37.2 Å². The van der Waals surface area contributed by atoms with Gasteiger partial charge >= 0.3 is 0 Å². The van der Waals surface area contributed by atoms with Crippen LogP contribution >= 0.6 is 0 Å². The van der Waals surface area contributed by atoms with Crippen LogP contribution in [0.15, 0.2) is 59.5 Å². The number of ether oxygens (including phenoxy) is 2. The SMILES string of the molecule is C[C@@H](Oc1ccccc1)C(=O)NCCOc1ccc(S(=O)(=O)N2CCCCC2)cc1. The minimum Gasteiger partial charge on any atom is -0.492 e. The minimum atomic E-state index is -3.44. The van der Waals surface area contributed by atoms with Crippen molar-refractivity contribution in [1.82, 2.24) is 9.62 Å². The molecule has 0 spiro atoms. The van der Waals surface area contributed by atoms with Crippen LogP contribution in [0.1, 0.15) is 26.2 Å². The number of amides is 1. The van der Waals surface area contributed by atoms with E-state index in [-0.39, 0.29) is 17.4 Å². The maximum atomic E-state index is 12.7. The zero-order chi connectivity index (χ0) is 21.4. The van der Waals surface area contributed by atoms with Crippen molar-refractivity contribution in [3.05, 3.63) is 54.6 Å². The summed E-state index contributed by atoms with van der Waals surface area (Å²) < 4.78 is 38.0. The van der Waals surface area contributed by atoms with E-state index in [0.29, 0.717) is 31.1 Å².